The van der Waals surface area contributed by atoms with Gasteiger partial charge >= 0.3 is 0 Å². The SMILES string of the molecule is CCC(Oc1ccc(-c2ccccc2)cc1)C(=O)Nc1ccc(C(=O)N2CCOCC2)cc1. The second-order valence-corrected chi connectivity index (χ2v) is 7.88. The highest BCUT2D eigenvalue weighted by molar-refractivity contribution is 5.97. The van der Waals surface area contributed by atoms with Gasteiger partial charge in [0.05, 0.1) is 13.2 Å². The summed E-state index contributed by atoms with van der Waals surface area (Å²) in [6, 6.07) is 24.8. The van der Waals surface area contributed by atoms with Crippen LogP contribution in [0.4, 0.5) is 5.69 Å². The number of nitrogens with one attached hydrogen (secondary N) is 1. The van der Waals surface area contributed by atoms with Crippen molar-refractivity contribution in [3.05, 3.63) is 84.4 Å². The summed E-state index contributed by atoms with van der Waals surface area (Å²) in [5, 5.41) is 2.89. The van der Waals surface area contributed by atoms with Crippen LogP contribution in [0, 0.1) is 0 Å². The molecule has 0 bridgehead atoms. The van der Waals surface area contributed by atoms with Crippen molar-refractivity contribution in [1.29, 1.82) is 0 Å². The predicted molar refractivity (Wildman–Crippen MR) is 128 cm³/mol. The predicted octanol–water partition coefficient (Wildman–Crippen LogP) is 4.62. The van der Waals surface area contributed by atoms with Gasteiger partial charge in [0.25, 0.3) is 11.8 Å². The number of carbonyl (C=O) groups excluding carboxylic acids is 2. The van der Waals surface area contributed by atoms with Crippen LogP contribution in [0.3, 0.4) is 0 Å². The van der Waals surface area contributed by atoms with Gasteiger partial charge in [-0.05, 0) is 53.9 Å². The van der Waals surface area contributed by atoms with Crippen LogP contribution < -0.4 is 10.1 Å². The van der Waals surface area contributed by atoms with E-state index in [1.54, 1.807) is 29.2 Å². The molecule has 1 heterocycles. The van der Waals surface area contributed by atoms with Crippen LogP contribution in [0.5, 0.6) is 5.75 Å². The quantitative estimate of drug-likeness (QED) is 0.577. The van der Waals surface area contributed by atoms with Gasteiger partial charge in [0.2, 0.25) is 0 Å². The molecule has 33 heavy (non-hydrogen) atoms. The lowest BCUT2D eigenvalue weighted by molar-refractivity contribution is -0.122. The molecule has 3 aromatic carbocycles. The van der Waals surface area contributed by atoms with Crippen molar-refractivity contribution < 1.29 is 19.1 Å². The topological polar surface area (TPSA) is 67.9 Å². The van der Waals surface area contributed by atoms with Gasteiger partial charge in [0.15, 0.2) is 6.10 Å². The molecule has 0 aliphatic carbocycles. The molecule has 2 amide bonds. The highest BCUT2D eigenvalue weighted by Crippen LogP contribution is 2.23. The molecular formula is C27H28N2O4. The third kappa shape index (κ3) is 5.79. The number of carbonyl (C=O) groups is 2. The summed E-state index contributed by atoms with van der Waals surface area (Å²) in [6.07, 6.45) is -0.0953. The maximum Gasteiger partial charge on any atom is 0.265 e. The molecule has 0 spiro atoms. The Bertz CT molecular complexity index is 1060. The molecule has 4 rings (SSSR count). The largest absolute Gasteiger partial charge is 0.481 e. The smallest absolute Gasteiger partial charge is 0.265 e. The third-order valence-corrected chi connectivity index (χ3v) is 5.60. The molecule has 6 heteroatoms. The number of morpholine rings is 1. The first-order valence-corrected chi connectivity index (χ1v) is 11.2. The van der Waals surface area contributed by atoms with E-state index in [4.69, 9.17) is 9.47 Å². The van der Waals surface area contributed by atoms with Crippen molar-refractivity contribution in [2.45, 2.75) is 19.4 Å². The van der Waals surface area contributed by atoms with Crippen LogP contribution >= 0.6 is 0 Å². The van der Waals surface area contributed by atoms with Crippen LogP contribution in [0.25, 0.3) is 11.1 Å². The molecule has 6 nitrogen and oxygen atoms in total. The summed E-state index contributed by atoms with van der Waals surface area (Å²) in [5.41, 5.74) is 3.44. The van der Waals surface area contributed by atoms with E-state index in [0.717, 1.165) is 11.1 Å². The van der Waals surface area contributed by atoms with E-state index < -0.39 is 6.10 Å². The Labute approximate surface area is 194 Å². The van der Waals surface area contributed by atoms with E-state index in [9.17, 15) is 9.59 Å². The summed E-state index contributed by atoms with van der Waals surface area (Å²) >= 11 is 0. The van der Waals surface area contributed by atoms with Gasteiger partial charge in [-0.3, -0.25) is 9.59 Å². The van der Waals surface area contributed by atoms with Crippen LogP contribution in [-0.2, 0) is 9.53 Å². The van der Waals surface area contributed by atoms with E-state index in [2.05, 4.69) is 17.4 Å². The van der Waals surface area contributed by atoms with Crippen LogP contribution in [0.1, 0.15) is 23.7 Å². The molecular weight excluding hydrogens is 416 g/mol. The van der Waals surface area contributed by atoms with Crippen molar-refractivity contribution in [2.24, 2.45) is 0 Å². The lowest BCUT2D eigenvalue weighted by Gasteiger charge is -2.26. The minimum atomic E-state index is -0.623. The van der Waals surface area contributed by atoms with Gasteiger partial charge in [-0.1, -0.05) is 49.4 Å². The third-order valence-electron chi connectivity index (χ3n) is 5.60. The fourth-order valence-electron chi connectivity index (χ4n) is 3.71. The van der Waals surface area contributed by atoms with Crippen molar-refractivity contribution >= 4 is 17.5 Å². The monoisotopic (exact) mass is 444 g/mol. The van der Waals surface area contributed by atoms with Crippen molar-refractivity contribution in [2.75, 3.05) is 31.6 Å². The van der Waals surface area contributed by atoms with Crippen molar-refractivity contribution in [3.63, 3.8) is 0 Å². The zero-order valence-electron chi connectivity index (χ0n) is 18.7. The van der Waals surface area contributed by atoms with Gasteiger partial charge in [-0.15, -0.1) is 0 Å². The maximum atomic E-state index is 12.8. The van der Waals surface area contributed by atoms with Crippen LogP contribution in [-0.4, -0.2) is 49.1 Å². The molecule has 1 unspecified atom stereocenters. The Kier molecular flexibility index (Phi) is 7.37. The summed E-state index contributed by atoms with van der Waals surface area (Å²) in [7, 11) is 0. The molecule has 1 fully saturated rings. The minimum absolute atomic E-state index is 0.0232. The zero-order chi connectivity index (χ0) is 23.0. The van der Waals surface area contributed by atoms with E-state index >= 15 is 0 Å². The molecule has 0 saturated carbocycles. The number of benzene rings is 3. The average molecular weight is 445 g/mol. The summed E-state index contributed by atoms with van der Waals surface area (Å²) < 4.78 is 11.2. The van der Waals surface area contributed by atoms with Gasteiger partial charge in [0.1, 0.15) is 5.75 Å². The fourth-order valence-corrected chi connectivity index (χ4v) is 3.71. The molecule has 1 N–H and O–H groups in total. The van der Waals surface area contributed by atoms with E-state index in [1.165, 1.54) is 0 Å². The fraction of sp³-hybridized carbons (Fsp3) is 0.259. The first-order valence-electron chi connectivity index (χ1n) is 11.2. The first-order chi connectivity index (χ1) is 16.1. The Hall–Kier alpha value is -3.64. The first kappa shape index (κ1) is 22.6. The highest BCUT2D eigenvalue weighted by Gasteiger charge is 2.20. The Morgan fingerprint density at radius 2 is 1.55 bits per heavy atom. The molecule has 1 aliphatic heterocycles. The zero-order valence-corrected chi connectivity index (χ0v) is 18.7. The van der Waals surface area contributed by atoms with Crippen molar-refractivity contribution in [3.8, 4) is 16.9 Å². The Morgan fingerprint density at radius 1 is 0.909 bits per heavy atom. The number of ether oxygens (including phenoxy) is 2. The molecule has 0 aromatic heterocycles. The lowest BCUT2D eigenvalue weighted by Crippen LogP contribution is -2.40. The van der Waals surface area contributed by atoms with Gasteiger partial charge in [-0.2, -0.15) is 0 Å². The highest BCUT2D eigenvalue weighted by atomic mass is 16.5. The average Bonchev–Trinajstić information content (AvgIpc) is 2.88. The number of anilines is 1. The number of nitrogens with zero attached hydrogens (tertiary/aromatic N) is 1. The lowest BCUT2D eigenvalue weighted by atomic mass is 10.1. The summed E-state index contributed by atoms with van der Waals surface area (Å²) in [4.78, 5) is 27.1. The van der Waals surface area contributed by atoms with E-state index in [-0.39, 0.29) is 11.8 Å². The summed E-state index contributed by atoms with van der Waals surface area (Å²) in [5.74, 6) is 0.393. The van der Waals surface area contributed by atoms with Crippen LogP contribution in [0.15, 0.2) is 78.9 Å². The molecule has 170 valence electrons. The van der Waals surface area contributed by atoms with Crippen LogP contribution in [0.2, 0.25) is 0 Å². The standard InChI is InChI=1S/C27H28N2O4/c1-2-25(33-24-14-10-21(11-15-24)20-6-4-3-5-7-20)26(30)28-23-12-8-22(9-13-23)27(31)29-16-18-32-19-17-29/h3-15,25H,2,16-19H2,1H3,(H,28,30). The second kappa shape index (κ2) is 10.8. The Morgan fingerprint density at radius 3 is 2.18 bits per heavy atom. The molecule has 1 aliphatic rings. The molecule has 0 radical (unpaired) electrons. The Balaban J connectivity index is 1.35. The van der Waals surface area contributed by atoms with E-state index in [0.29, 0.717) is 49.7 Å². The normalized spacial score (nSPS) is 14.4. The number of hydrogen-bond acceptors (Lipinski definition) is 4. The van der Waals surface area contributed by atoms with Gasteiger partial charge in [-0.25, -0.2) is 0 Å². The van der Waals surface area contributed by atoms with Gasteiger partial charge in [0, 0.05) is 24.3 Å². The summed E-state index contributed by atoms with van der Waals surface area (Å²) in [6.45, 7) is 4.23. The van der Waals surface area contributed by atoms with E-state index in [1.807, 2.05) is 49.4 Å². The minimum Gasteiger partial charge on any atom is -0.481 e. The number of rotatable bonds is 7. The van der Waals surface area contributed by atoms with Crippen molar-refractivity contribution in [1.82, 2.24) is 4.90 Å². The second-order valence-electron chi connectivity index (χ2n) is 7.88. The number of amides is 2. The van der Waals surface area contributed by atoms with Gasteiger partial charge < -0.3 is 19.7 Å². The molecule has 3 aromatic rings. The maximum absolute atomic E-state index is 12.8. The molecule has 1 saturated heterocycles. The molecule has 1 atom stereocenters. The number of hydrogen-bond donors (Lipinski definition) is 1.